The summed E-state index contributed by atoms with van der Waals surface area (Å²) in [6.07, 6.45) is 2.68. The van der Waals surface area contributed by atoms with Crippen LogP contribution in [0.1, 0.15) is 16.1 Å². The molecule has 0 aliphatic carbocycles. The lowest BCUT2D eigenvalue weighted by molar-refractivity contribution is -0.384. The molecule has 8 nitrogen and oxygen atoms in total. The molecule has 0 bridgehead atoms. The van der Waals surface area contributed by atoms with Gasteiger partial charge in [-0.1, -0.05) is 24.3 Å². The SMILES string of the molecule is O=C(N/N=C/c1cccc([N+](=O)[O-])c1)c1cnc2ccccc2n1. The van der Waals surface area contributed by atoms with Gasteiger partial charge in [-0.25, -0.2) is 10.4 Å². The van der Waals surface area contributed by atoms with E-state index in [2.05, 4.69) is 20.5 Å². The maximum absolute atomic E-state index is 12.0. The summed E-state index contributed by atoms with van der Waals surface area (Å²) < 4.78 is 0. The number of hydrogen-bond donors (Lipinski definition) is 1. The molecule has 2 aromatic carbocycles. The third-order valence-corrected chi connectivity index (χ3v) is 3.14. The van der Waals surface area contributed by atoms with Crippen LogP contribution in [0.3, 0.4) is 0 Å². The van der Waals surface area contributed by atoms with Crippen LogP contribution in [-0.2, 0) is 0 Å². The van der Waals surface area contributed by atoms with Crippen molar-refractivity contribution < 1.29 is 9.72 Å². The van der Waals surface area contributed by atoms with Gasteiger partial charge in [-0.2, -0.15) is 5.10 Å². The van der Waals surface area contributed by atoms with Gasteiger partial charge in [0.2, 0.25) is 0 Å². The maximum atomic E-state index is 12.0. The van der Waals surface area contributed by atoms with Gasteiger partial charge in [0.25, 0.3) is 11.6 Å². The summed E-state index contributed by atoms with van der Waals surface area (Å²) in [4.78, 5) is 30.6. The van der Waals surface area contributed by atoms with Crippen LogP contribution in [0.2, 0.25) is 0 Å². The predicted octanol–water partition coefficient (Wildman–Crippen LogP) is 2.30. The second-order valence-electron chi connectivity index (χ2n) is 4.80. The summed E-state index contributed by atoms with van der Waals surface area (Å²) in [5.74, 6) is -0.519. The lowest BCUT2D eigenvalue weighted by Crippen LogP contribution is -2.19. The van der Waals surface area contributed by atoms with Gasteiger partial charge in [-0.05, 0) is 12.1 Å². The van der Waals surface area contributed by atoms with Gasteiger partial charge >= 0.3 is 0 Å². The lowest BCUT2D eigenvalue weighted by atomic mass is 10.2. The van der Waals surface area contributed by atoms with Crippen LogP contribution in [0.4, 0.5) is 5.69 Å². The van der Waals surface area contributed by atoms with E-state index >= 15 is 0 Å². The quantitative estimate of drug-likeness (QED) is 0.450. The van der Waals surface area contributed by atoms with Crippen LogP contribution < -0.4 is 5.43 Å². The van der Waals surface area contributed by atoms with Crippen molar-refractivity contribution >= 4 is 28.8 Å². The van der Waals surface area contributed by atoms with E-state index in [9.17, 15) is 14.9 Å². The van der Waals surface area contributed by atoms with Crippen LogP contribution in [0.25, 0.3) is 11.0 Å². The Kier molecular flexibility index (Phi) is 4.19. The molecule has 8 heteroatoms. The van der Waals surface area contributed by atoms with Crippen LogP contribution >= 0.6 is 0 Å². The third kappa shape index (κ3) is 3.38. The van der Waals surface area contributed by atoms with Gasteiger partial charge in [0.1, 0.15) is 5.69 Å². The van der Waals surface area contributed by atoms with Crippen molar-refractivity contribution in [1.29, 1.82) is 0 Å². The first-order chi connectivity index (χ1) is 11.6. The van der Waals surface area contributed by atoms with Crippen LogP contribution in [-0.4, -0.2) is 27.0 Å². The zero-order valence-corrected chi connectivity index (χ0v) is 12.3. The van der Waals surface area contributed by atoms with E-state index in [0.717, 1.165) is 0 Å². The highest BCUT2D eigenvalue weighted by atomic mass is 16.6. The second-order valence-corrected chi connectivity index (χ2v) is 4.80. The molecule has 0 radical (unpaired) electrons. The van der Waals surface area contributed by atoms with Crippen LogP contribution in [0.5, 0.6) is 0 Å². The summed E-state index contributed by atoms with van der Waals surface area (Å²) in [5.41, 5.74) is 4.19. The fourth-order valence-corrected chi connectivity index (χ4v) is 2.01. The first kappa shape index (κ1) is 15.2. The monoisotopic (exact) mass is 321 g/mol. The van der Waals surface area contributed by atoms with Gasteiger partial charge in [0, 0.05) is 17.7 Å². The Morgan fingerprint density at radius 2 is 1.96 bits per heavy atom. The summed E-state index contributed by atoms with van der Waals surface area (Å²) in [7, 11) is 0. The molecule has 1 aromatic heterocycles. The molecule has 0 aliphatic heterocycles. The number of nitro benzene ring substituents is 1. The average Bonchev–Trinajstić information content (AvgIpc) is 2.61. The van der Waals surface area contributed by atoms with Crippen molar-refractivity contribution in [3.05, 3.63) is 76.1 Å². The highest BCUT2D eigenvalue weighted by Crippen LogP contribution is 2.11. The normalized spacial score (nSPS) is 10.8. The van der Waals surface area contributed by atoms with Crippen molar-refractivity contribution in [2.24, 2.45) is 5.10 Å². The summed E-state index contributed by atoms with van der Waals surface area (Å²) in [5, 5.41) is 14.5. The van der Waals surface area contributed by atoms with Crippen molar-refractivity contribution in [3.8, 4) is 0 Å². The minimum absolute atomic E-state index is 0.0503. The number of nitro groups is 1. The average molecular weight is 321 g/mol. The Bertz CT molecular complexity index is 955. The van der Waals surface area contributed by atoms with Gasteiger partial charge in [-0.15, -0.1) is 0 Å². The number of carbonyl (C=O) groups excluding carboxylic acids is 1. The molecule has 1 amide bonds. The molecule has 0 unspecified atom stereocenters. The number of fused-ring (bicyclic) bond motifs is 1. The molecule has 1 N–H and O–H groups in total. The lowest BCUT2D eigenvalue weighted by Gasteiger charge is -2.01. The number of carbonyl (C=O) groups is 1. The van der Waals surface area contributed by atoms with Crippen molar-refractivity contribution in [2.75, 3.05) is 0 Å². The van der Waals surface area contributed by atoms with Gasteiger partial charge in [-0.3, -0.25) is 19.9 Å². The van der Waals surface area contributed by atoms with Gasteiger partial charge in [0.05, 0.1) is 28.4 Å². The number of rotatable bonds is 4. The number of nitrogens with one attached hydrogen (secondary N) is 1. The number of hydrazone groups is 1. The van der Waals surface area contributed by atoms with E-state index in [0.29, 0.717) is 16.6 Å². The Hall–Kier alpha value is -3.68. The first-order valence-electron chi connectivity index (χ1n) is 6.93. The van der Waals surface area contributed by atoms with Crippen molar-refractivity contribution in [3.63, 3.8) is 0 Å². The van der Waals surface area contributed by atoms with E-state index in [-0.39, 0.29) is 11.4 Å². The minimum Gasteiger partial charge on any atom is -0.265 e. The van der Waals surface area contributed by atoms with E-state index in [4.69, 9.17) is 0 Å². The largest absolute Gasteiger partial charge is 0.291 e. The van der Waals surface area contributed by atoms with Gasteiger partial charge < -0.3 is 0 Å². The molecule has 3 aromatic rings. The molecule has 0 fully saturated rings. The van der Waals surface area contributed by atoms with E-state index in [1.807, 2.05) is 6.07 Å². The molecule has 24 heavy (non-hydrogen) atoms. The number of nitrogens with zero attached hydrogens (tertiary/aromatic N) is 4. The molecule has 0 atom stereocenters. The minimum atomic E-state index is -0.519. The molecule has 0 aliphatic rings. The highest BCUT2D eigenvalue weighted by molar-refractivity contribution is 5.94. The second kappa shape index (κ2) is 6.61. The number of benzene rings is 2. The third-order valence-electron chi connectivity index (χ3n) is 3.14. The molecule has 118 valence electrons. The topological polar surface area (TPSA) is 110 Å². The molecule has 3 rings (SSSR count). The number of aromatic nitrogens is 2. The van der Waals surface area contributed by atoms with Crippen molar-refractivity contribution in [1.82, 2.24) is 15.4 Å². The predicted molar refractivity (Wildman–Crippen MR) is 87.7 cm³/mol. The summed E-state index contributed by atoms with van der Waals surface area (Å²) >= 11 is 0. The number of hydrogen-bond acceptors (Lipinski definition) is 6. The molecule has 0 saturated heterocycles. The number of para-hydroxylation sites is 2. The fraction of sp³-hybridized carbons (Fsp3) is 0. The zero-order valence-electron chi connectivity index (χ0n) is 12.3. The Balaban J connectivity index is 1.72. The van der Waals surface area contributed by atoms with Gasteiger partial charge in [0.15, 0.2) is 0 Å². The van der Waals surface area contributed by atoms with Crippen LogP contribution in [0.15, 0.2) is 59.8 Å². The van der Waals surface area contributed by atoms with Crippen molar-refractivity contribution in [2.45, 2.75) is 0 Å². The Morgan fingerprint density at radius 3 is 2.75 bits per heavy atom. The molecule has 1 heterocycles. The summed E-state index contributed by atoms with van der Waals surface area (Å²) in [6.45, 7) is 0. The zero-order chi connectivity index (χ0) is 16.9. The van der Waals surface area contributed by atoms with E-state index in [1.165, 1.54) is 30.6 Å². The standard InChI is InChI=1S/C16H11N5O3/c22-16(15-10-17-13-6-1-2-7-14(13)19-15)20-18-9-11-4-3-5-12(8-11)21(23)24/h1-10H,(H,20,22)/b18-9+. The van der Waals surface area contributed by atoms with E-state index < -0.39 is 10.8 Å². The first-order valence-corrected chi connectivity index (χ1v) is 6.93. The molecular weight excluding hydrogens is 310 g/mol. The number of non-ortho nitro benzene ring substituents is 1. The smallest absolute Gasteiger partial charge is 0.265 e. The fourth-order valence-electron chi connectivity index (χ4n) is 2.01. The maximum Gasteiger partial charge on any atom is 0.291 e. The Morgan fingerprint density at radius 1 is 1.17 bits per heavy atom. The van der Waals surface area contributed by atoms with E-state index in [1.54, 1.807) is 24.3 Å². The number of amides is 1. The highest BCUT2D eigenvalue weighted by Gasteiger charge is 2.08. The molecular formula is C16H11N5O3. The Labute approximate surface area is 136 Å². The van der Waals surface area contributed by atoms with Crippen LogP contribution in [0, 0.1) is 10.1 Å². The molecule has 0 spiro atoms. The summed E-state index contributed by atoms with van der Waals surface area (Å²) in [6, 6.07) is 13.1. The molecule has 0 saturated carbocycles.